The summed E-state index contributed by atoms with van der Waals surface area (Å²) >= 11 is 0. The van der Waals surface area contributed by atoms with Crippen molar-refractivity contribution in [2.75, 3.05) is 5.32 Å². The highest BCUT2D eigenvalue weighted by Gasteiger charge is 2.05. The van der Waals surface area contributed by atoms with Gasteiger partial charge < -0.3 is 9.88 Å². The second-order valence-electron chi connectivity index (χ2n) is 5.47. The van der Waals surface area contributed by atoms with Crippen LogP contribution in [0.1, 0.15) is 5.69 Å². The zero-order chi connectivity index (χ0) is 15.8. The summed E-state index contributed by atoms with van der Waals surface area (Å²) in [6.45, 7) is 1.95. The van der Waals surface area contributed by atoms with Gasteiger partial charge in [0.25, 0.3) is 0 Å². The number of hydrogen-bond acceptors (Lipinski definition) is 4. The molecule has 0 aliphatic carbocycles. The molecule has 114 valence electrons. The standard InChI is InChI=1S/C17H16N6/c1-12-6-10-23(21-12)16-5-8-18-17(20-16)19-14-3-4-15-13(11-14)7-9-22(15)2/h3-11H,1-2H3,(H,18,19,20). The normalized spacial score (nSPS) is 11.0. The van der Waals surface area contributed by atoms with Crippen molar-refractivity contribution < 1.29 is 0 Å². The molecule has 23 heavy (non-hydrogen) atoms. The Kier molecular flexibility index (Phi) is 3.08. The molecule has 4 aromatic rings. The lowest BCUT2D eigenvalue weighted by Gasteiger charge is -2.07. The van der Waals surface area contributed by atoms with Gasteiger partial charge in [-0.05, 0) is 37.3 Å². The molecule has 0 radical (unpaired) electrons. The highest BCUT2D eigenvalue weighted by atomic mass is 15.3. The first-order valence-corrected chi connectivity index (χ1v) is 7.37. The number of fused-ring (bicyclic) bond motifs is 1. The molecule has 0 atom stereocenters. The summed E-state index contributed by atoms with van der Waals surface area (Å²) in [5.41, 5.74) is 3.10. The van der Waals surface area contributed by atoms with Crippen LogP contribution in [-0.4, -0.2) is 24.3 Å². The highest BCUT2D eigenvalue weighted by molar-refractivity contribution is 5.84. The minimum absolute atomic E-state index is 0.547. The van der Waals surface area contributed by atoms with E-state index >= 15 is 0 Å². The third kappa shape index (κ3) is 2.55. The fraction of sp³-hybridized carbons (Fsp3) is 0.118. The van der Waals surface area contributed by atoms with E-state index in [2.05, 4.69) is 43.1 Å². The molecule has 0 unspecified atom stereocenters. The van der Waals surface area contributed by atoms with Crippen molar-refractivity contribution in [3.8, 4) is 5.82 Å². The first-order chi connectivity index (χ1) is 11.2. The van der Waals surface area contributed by atoms with E-state index in [9.17, 15) is 0 Å². The van der Waals surface area contributed by atoms with Gasteiger partial charge in [-0.25, -0.2) is 9.67 Å². The summed E-state index contributed by atoms with van der Waals surface area (Å²) in [4.78, 5) is 8.79. The topological polar surface area (TPSA) is 60.6 Å². The number of nitrogens with zero attached hydrogens (tertiary/aromatic N) is 5. The predicted molar refractivity (Wildman–Crippen MR) is 90.1 cm³/mol. The number of aromatic nitrogens is 5. The molecule has 4 rings (SSSR count). The van der Waals surface area contributed by atoms with Gasteiger partial charge >= 0.3 is 0 Å². The Bertz CT molecular complexity index is 982. The van der Waals surface area contributed by atoms with Crippen LogP contribution in [0.3, 0.4) is 0 Å². The first-order valence-electron chi connectivity index (χ1n) is 7.37. The lowest BCUT2D eigenvalue weighted by atomic mass is 10.2. The van der Waals surface area contributed by atoms with E-state index in [1.807, 2.05) is 44.6 Å². The molecule has 0 fully saturated rings. The number of anilines is 2. The van der Waals surface area contributed by atoms with Gasteiger partial charge in [0.05, 0.1) is 5.69 Å². The van der Waals surface area contributed by atoms with Crippen LogP contribution < -0.4 is 5.32 Å². The Morgan fingerprint density at radius 2 is 1.96 bits per heavy atom. The van der Waals surface area contributed by atoms with Crippen molar-refractivity contribution in [2.24, 2.45) is 7.05 Å². The van der Waals surface area contributed by atoms with E-state index in [0.29, 0.717) is 5.95 Å². The van der Waals surface area contributed by atoms with E-state index in [1.165, 1.54) is 10.9 Å². The summed E-state index contributed by atoms with van der Waals surface area (Å²) in [6.07, 6.45) is 5.66. The summed E-state index contributed by atoms with van der Waals surface area (Å²) in [6, 6.07) is 12.1. The molecule has 0 saturated heterocycles. The minimum atomic E-state index is 0.547. The Hall–Kier alpha value is -3.15. The maximum Gasteiger partial charge on any atom is 0.229 e. The molecule has 1 N–H and O–H groups in total. The molecule has 0 aliphatic rings. The third-order valence-electron chi connectivity index (χ3n) is 3.74. The molecular weight excluding hydrogens is 288 g/mol. The highest BCUT2D eigenvalue weighted by Crippen LogP contribution is 2.21. The molecule has 3 aromatic heterocycles. The maximum atomic E-state index is 4.51. The average molecular weight is 304 g/mol. The average Bonchev–Trinajstić information content (AvgIpc) is 3.14. The molecule has 0 amide bonds. The Balaban J connectivity index is 1.65. The monoisotopic (exact) mass is 304 g/mol. The van der Waals surface area contributed by atoms with Crippen molar-refractivity contribution >= 4 is 22.5 Å². The van der Waals surface area contributed by atoms with Crippen molar-refractivity contribution in [2.45, 2.75) is 6.92 Å². The van der Waals surface area contributed by atoms with Gasteiger partial charge in [-0.15, -0.1) is 0 Å². The molecule has 0 bridgehead atoms. The van der Waals surface area contributed by atoms with E-state index in [-0.39, 0.29) is 0 Å². The third-order valence-corrected chi connectivity index (χ3v) is 3.74. The largest absolute Gasteiger partial charge is 0.351 e. The lowest BCUT2D eigenvalue weighted by molar-refractivity contribution is 0.828. The Labute approximate surface area is 133 Å². The first kappa shape index (κ1) is 13.5. The van der Waals surface area contributed by atoms with E-state index < -0.39 is 0 Å². The molecule has 0 aliphatic heterocycles. The summed E-state index contributed by atoms with van der Waals surface area (Å²) < 4.78 is 3.83. The fourth-order valence-corrected chi connectivity index (χ4v) is 2.57. The Morgan fingerprint density at radius 3 is 2.78 bits per heavy atom. The van der Waals surface area contributed by atoms with Crippen LogP contribution in [0.2, 0.25) is 0 Å². The van der Waals surface area contributed by atoms with Crippen LogP contribution in [-0.2, 0) is 7.05 Å². The summed E-state index contributed by atoms with van der Waals surface area (Å²) in [7, 11) is 2.04. The minimum Gasteiger partial charge on any atom is -0.351 e. The van der Waals surface area contributed by atoms with E-state index in [0.717, 1.165) is 17.2 Å². The van der Waals surface area contributed by atoms with Gasteiger partial charge in [0.2, 0.25) is 5.95 Å². The molecular formula is C17H16N6. The molecule has 6 nitrogen and oxygen atoms in total. The summed E-state index contributed by atoms with van der Waals surface area (Å²) in [5.74, 6) is 1.28. The molecule has 3 heterocycles. The van der Waals surface area contributed by atoms with Crippen LogP contribution in [0.25, 0.3) is 16.7 Å². The van der Waals surface area contributed by atoms with Gasteiger partial charge in [-0.3, -0.25) is 0 Å². The van der Waals surface area contributed by atoms with Crippen LogP contribution in [0.4, 0.5) is 11.6 Å². The molecule has 6 heteroatoms. The molecule has 0 saturated carbocycles. The smallest absolute Gasteiger partial charge is 0.229 e. The van der Waals surface area contributed by atoms with Crippen molar-refractivity contribution in [3.63, 3.8) is 0 Å². The number of rotatable bonds is 3. The summed E-state index contributed by atoms with van der Waals surface area (Å²) in [5, 5.41) is 8.80. The van der Waals surface area contributed by atoms with Gasteiger partial charge in [0.15, 0.2) is 5.82 Å². The quantitative estimate of drug-likeness (QED) is 0.631. The van der Waals surface area contributed by atoms with E-state index in [1.54, 1.807) is 10.9 Å². The molecule has 1 aromatic carbocycles. The van der Waals surface area contributed by atoms with Crippen molar-refractivity contribution in [3.05, 3.63) is 60.7 Å². The molecule has 0 spiro atoms. The van der Waals surface area contributed by atoms with Gasteiger partial charge in [0, 0.05) is 48.3 Å². The lowest BCUT2D eigenvalue weighted by Crippen LogP contribution is -2.03. The number of nitrogens with one attached hydrogen (secondary N) is 1. The van der Waals surface area contributed by atoms with E-state index in [4.69, 9.17) is 0 Å². The van der Waals surface area contributed by atoms with Gasteiger partial charge in [-0.1, -0.05) is 0 Å². The SMILES string of the molecule is Cc1ccn(-c2ccnc(Nc3ccc4c(ccn4C)c3)n2)n1. The number of hydrogen-bond donors (Lipinski definition) is 1. The second-order valence-corrected chi connectivity index (χ2v) is 5.47. The zero-order valence-electron chi connectivity index (χ0n) is 12.9. The van der Waals surface area contributed by atoms with Crippen molar-refractivity contribution in [1.82, 2.24) is 24.3 Å². The van der Waals surface area contributed by atoms with Crippen LogP contribution >= 0.6 is 0 Å². The van der Waals surface area contributed by atoms with Crippen LogP contribution in [0.5, 0.6) is 0 Å². The Morgan fingerprint density at radius 1 is 1.04 bits per heavy atom. The number of aryl methyl sites for hydroxylation is 2. The fourth-order valence-electron chi connectivity index (χ4n) is 2.57. The van der Waals surface area contributed by atoms with Crippen LogP contribution in [0.15, 0.2) is 55.0 Å². The number of benzene rings is 1. The zero-order valence-corrected chi connectivity index (χ0v) is 12.9. The maximum absolute atomic E-state index is 4.51. The van der Waals surface area contributed by atoms with Crippen LogP contribution in [0, 0.1) is 6.92 Å². The van der Waals surface area contributed by atoms with Gasteiger partial charge in [-0.2, -0.15) is 10.1 Å². The van der Waals surface area contributed by atoms with Crippen molar-refractivity contribution in [1.29, 1.82) is 0 Å². The van der Waals surface area contributed by atoms with Gasteiger partial charge in [0.1, 0.15) is 0 Å². The second kappa shape index (κ2) is 5.24. The predicted octanol–water partition coefficient (Wildman–Crippen LogP) is 3.21.